The normalized spacial score (nSPS) is 12.8. The van der Waals surface area contributed by atoms with Gasteiger partial charge in [0.25, 0.3) is 0 Å². The summed E-state index contributed by atoms with van der Waals surface area (Å²) in [6.07, 6.45) is 0. The van der Waals surface area contributed by atoms with Crippen molar-refractivity contribution in [1.82, 2.24) is 10.6 Å². The van der Waals surface area contributed by atoms with Crippen LogP contribution in [-0.2, 0) is 4.79 Å². The lowest BCUT2D eigenvalue weighted by molar-refractivity contribution is -0.123. The summed E-state index contributed by atoms with van der Waals surface area (Å²) in [4.78, 5) is 11.5. The molecule has 0 aromatic rings. The number of rotatable bonds is 5. The Hall–Kier alpha value is -0.990. The number of amides is 1. The molecule has 0 aliphatic heterocycles. The Kier molecular flexibility index (Phi) is 5.28. The van der Waals surface area contributed by atoms with Crippen LogP contribution in [0.1, 0.15) is 27.7 Å². The Morgan fingerprint density at radius 2 is 1.71 bits per heavy atom. The van der Waals surface area contributed by atoms with E-state index in [4.69, 9.17) is 0 Å². The molecule has 82 valence electrons. The molecule has 0 fully saturated rings. The molecule has 14 heavy (non-hydrogen) atoms. The molecule has 0 aromatic heterocycles. The van der Waals surface area contributed by atoms with E-state index in [1.807, 2.05) is 13.8 Å². The third kappa shape index (κ3) is 3.81. The maximum absolute atomic E-state index is 11.5. The van der Waals surface area contributed by atoms with Crippen LogP contribution in [0.25, 0.3) is 0 Å². The van der Waals surface area contributed by atoms with E-state index in [1.54, 1.807) is 7.05 Å². The minimum atomic E-state index is -0.185. The molecule has 0 aromatic carbocycles. The van der Waals surface area contributed by atoms with Gasteiger partial charge in [-0.25, -0.2) is 0 Å². The number of nitrogens with one attached hydrogen (secondary N) is 2. The fourth-order valence-corrected chi connectivity index (χ4v) is 1.06. The average Bonchev–Trinajstić information content (AvgIpc) is 2.11. The molecule has 0 aliphatic carbocycles. The molecule has 0 radical (unpaired) electrons. The van der Waals surface area contributed by atoms with Gasteiger partial charge in [-0.15, -0.1) is 0 Å². The molecule has 1 atom stereocenters. The Bertz CT molecular complexity index is 209. The smallest absolute Gasteiger partial charge is 0.242 e. The predicted molar refractivity (Wildman–Crippen MR) is 59.8 cm³/mol. The van der Waals surface area contributed by atoms with Gasteiger partial charge in [-0.3, -0.25) is 4.79 Å². The number of carbonyl (C=O) groups is 1. The Labute approximate surface area is 87.0 Å². The zero-order chi connectivity index (χ0) is 11.3. The number of carbonyl (C=O) groups excluding carboxylic acids is 1. The van der Waals surface area contributed by atoms with E-state index in [0.29, 0.717) is 5.92 Å². The lowest BCUT2D eigenvalue weighted by Crippen LogP contribution is -2.46. The molecule has 1 unspecified atom stereocenters. The van der Waals surface area contributed by atoms with E-state index in [9.17, 15) is 4.79 Å². The fourth-order valence-electron chi connectivity index (χ4n) is 1.06. The standard InChI is InChI=1S/C11H22N2O/c1-7(2)9(5)13-10(8(3)4)11(14)12-6/h7-8,10,13H,5H2,1-4,6H3,(H,12,14). The van der Waals surface area contributed by atoms with Gasteiger partial charge in [0.05, 0.1) is 0 Å². The second-order valence-electron chi connectivity index (χ2n) is 4.16. The van der Waals surface area contributed by atoms with Crippen LogP contribution in [0.15, 0.2) is 12.3 Å². The van der Waals surface area contributed by atoms with Crippen LogP contribution < -0.4 is 10.6 Å². The lowest BCUT2D eigenvalue weighted by Gasteiger charge is -2.24. The maximum Gasteiger partial charge on any atom is 0.242 e. The van der Waals surface area contributed by atoms with E-state index in [1.165, 1.54) is 0 Å². The van der Waals surface area contributed by atoms with Crippen LogP contribution in [0.4, 0.5) is 0 Å². The first-order valence-corrected chi connectivity index (χ1v) is 5.07. The lowest BCUT2D eigenvalue weighted by atomic mass is 10.0. The first kappa shape index (κ1) is 13.0. The van der Waals surface area contributed by atoms with Crippen molar-refractivity contribution in [3.8, 4) is 0 Å². The highest BCUT2D eigenvalue weighted by Gasteiger charge is 2.21. The molecule has 0 bridgehead atoms. The summed E-state index contributed by atoms with van der Waals surface area (Å²) in [6.45, 7) is 12.0. The van der Waals surface area contributed by atoms with E-state index in [2.05, 4.69) is 31.1 Å². The van der Waals surface area contributed by atoms with Crippen molar-refractivity contribution in [2.24, 2.45) is 11.8 Å². The number of hydrogen-bond donors (Lipinski definition) is 2. The average molecular weight is 198 g/mol. The molecule has 0 spiro atoms. The third-order valence-electron chi connectivity index (χ3n) is 2.23. The summed E-state index contributed by atoms with van der Waals surface area (Å²) in [6, 6.07) is -0.185. The third-order valence-corrected chi connectivity index (χ3v) is 2.23. The van der Waals surface area contributed by atoms with Gasteiger partial charge >= 0.3 is 0 Å². The maximum atomic E-state index is 11.5. The van der Waals surface area contributed by atoms with Gasteiger partial charge < -0.3 is 10.6 Å². The van der Waals surface area contributed by atoms with Crippen LogP contribution in [0, 0.1) is 11.8 Å². The van der Waals surface area contributed by atoms with Gasteiger partial charge in [-0.2, -0.15) is 0 Å². The molecule has 1 amide bonds. The molecule has 2 N–H and O–H groups in total. The van der Waals surface area contributed by atoms with Crippen LogP contribution in [0.5, 0.6) is 0 Å². The summed E-state index contributed by atoms with van der Waals surface area (Å²) in [7, 11) is 1.65. The van der Waals surface area contributed by atoms with E-state index >= 15 is 0 Å². The van der Waals surface area contributed by atoms with Crippen molar-refractivity contribution in [2.45, 2.75) is 33.7 Å². The summed E-state index contributed by atoms with van der Waals surface area (Å²) in [5.41, 5.74) is 0.910. The quantitative estimate of drug-likeness (QED) is 0.703. The molecule has 0 rings (SSSR count). The highest BCUT2D eigenvalue weighted by molar-refractivity contribution is 5.81. The van der Waals surface area contributed by atoms with Gasteiger partial charge in [-0.05, 0) is 11.8 Å². The van der Waals surface area contributed by atoms with Crippen molar-refractivity contribution in [3.05, 3.63) is 12.3 Å². The number of likely N-dealkylation sites (N-methyl/N-ethyl adjacent to an activating group) is 1. The summed E-state index contributed by atoms with van der Waals surface area (Å²) >= 11 is 0. The fraction of sp³-hybridized carbons (Fsp3) is 0.727. The van der Waals surface area contributed by atoms with Gasteiger partial charge in [0.15, 0.2) is 0 Å². The molecule has 0 aliphatic rings. The topological polar surface area (TPSA) is 41.1 Å². The Balaban J connectivity index is 4.38. The SMILES string of the molecule is C=C(NC(C(=O)NC)C(C)C)C(C)C. The molecule has 0 saturated carbocycles. The van der Waals surface area contributed by atoms with Gasteiger partial charge in [-0.1, -0.05) is 34.3 Å². The van der Waals surface area contributed by atoms with Crippen molar-refractivity contribution in [2.75, 3.05) is 7.05 Å². The van der Waals surface area contributed by atoms with Crippen LogP contribution in [0.3, 0.4) is 0 Å². The van der Waals surface area contributed by atoms with Crippen LogP contribution in [-0.4, -0.2) is 19.0 Å². The van der Waals surface area contributed by atoms with Gasteiger partial charge in [0.2, 0.25) is 5.91 Å². The largest absolute Gasteiger partial charge is 0.377 e. The molecule has 0 heterocycles. The van der Waals surface area contributed by atoms with Crippen molar-refractivity contribution < 1.29 is 4.79 Å². The monoisotopic (exact) mass is 198 g/mol. The zero-order valence-electron chi connectivity index (χ0n) is 9.85. The van der Waals surface area contributed by atoms with E-state index < -0.39 is 0 Å². The number of hydrogen-bond acceptors (Lipinski definition) is 2. The Morgan fingerprint density at radius 3 is 2.00 bits per heavy atom. The minimum absolute atomic E-state index is 0.0156. The summed E-state index contributed by atoms with van der Waals surface area (Å²) in [5.74, 6) is 0.619. The molecular formula is C11H22N2O. The molecule has 0 saturated heterocycles. The van der Waals surface area contributed by atoms with E-state index in [-0.39, 0.29) is 17.9 Å². The second-order valence-corrected chi connectivity index (χ2v) is 4.16. The highest BCUT2D eigenvalue weighted by Crippen LogP contribution is 2.08. The minimum Gasteiger partial charge on any atom is -0.377 e. The predicted octanol–water partition coefficient (Wildman–Crippen LogP) is 1.52. The molecular weight excluding hydrogens is 176 g/mol. The highest BCUT2D eigenvalue weighted by atomic mass is 16.2. The summed E-state index contributed by atoms with van der Waals surface area (Å²) < 4.78 is 0. The first-order chi connectivity index (χ1) is 6.40. The van der Waals surface area contributed by atoms with Gasteiger partial charge in [0, 0.05) is 12.7 Å². The zero-order valence-corrected chi connectivity index (χ0v) is 9.85. The van der Waals surface area contributed by atoms with Crippen molar-refractivity contribution in [1.29, 1.82) is 0 Å². The van der Waals surface area contributed by atoms with Gasteiger partial charge in [0.1, 0.15) is 6.04 Å². The number of allylic oxidation sites excluding steroid dienone is 1. The molecule has 3 nitrogen and oxygen atoms in total. The van der Waals surface area contributed by atoms with Crippen LogP contribution in [0.2, 0.25) is 0 Å². The first-order valence-electron chi connectivity index (χ1n) is 5.07. The summed E-state index contributed by atoms with van der Waals surface area (Å²) in [5, 5.41) is 5.81. The van der Waals surface area contributed by atoms with Crippen molar-refractivity contribution in [3.63, 3.8) is 0 Å². The van der Waals surface area contributed by atoms with E-state index in [0.717, 1.165) is 5.70 Å². The Morgan fingerprint density at radius 1 is 1.21 bits per heavy atom. The molecule has 3 heteroatoms. The second kappa shape index (κ2) is 5.68. The van der Waals surface area contributed by atoms with Crippen molar-refractivity contribution >= 4 is 5.91 Å². The van der Waals surface area contributed by atoms with Crippen LogP contribution >= 0.6 is 0 Å².